The average Bonchev–Trinajstić information content (AvgIpc) is 3.10. The number of hydrogen-bond donors (Lipinski definition) is 1. The summed E-state index contributed by atoms with van der Waals surface area (Å²) in [6.07, 6.45) is 4.01. The molecule has 3 heterocycles. The van der Waals surface area contributed by atoms with Gasteiger partial charge in [0, 0.05) is 50.9 Å². The summed E-state index contributed by atoms with van der Waals surface area (Å²) in [5.74, 6) is 1.20. The van der Waals surface area contributed by atoms with Gasteiger partial charge in [0.25, 0.3) is 0 Å². The van der Waals surface area contributed by atoms with Crippen LogP contribution in [0.4, 0.5) is 5.82 Å². The zero-order valence-electron chi connectivity index (χ0n) is 14.6. The molecule has 1 aliphatic rings. The van der Waals surface area contributed by atoms with Crippen LogP contribution in [0.2, 0.25) is 0 Å². The molecule has 0 spiro atoms. The van der Waals surface area contributed by atoms with E-state index in [0.29, 0.717) is 26.1 Å². The molecule has 0 radical (unpaired) electrons. The number of amides is 1. The molecular formula is C20H22N4O2. The normalized spacial score (nSPS) is 14.8. The van der Waals surface area contributed by atoms with Gasteiger partial charge in [-0.25, -0.2) is 4.98 Å². The van der Waals surface area contributed by atoms with Gasteiger partial charge in [-0.3, -0.25) is 4.79 Å². The molecule has 26 heavy (non-hydrogen) atoms. The van der Waals surface area contributed by atoms with E-state index in [-0.39, 0.29) is 11.7 Å². The lowest BCUT2D eigenvalue weighted by atomic mass is 10.2. The topological polar surface area (TPSA) is 61.6 Å². The van der Waals surface area contributed by atoms with Crippen molar-refractivity contribution in [1.29, 1.82) is 0 Å². The number of piperazine rings is 1. The highest BCUT2D eigenvalue weighted by atomic mass is 16.3. The number of hydrogen-bond acceptors (Lipinski definition) is 4. The Labute approximate surface area is 152 Å². The van der Waals surface area contributed by atoms with Gasteiger partial charge in [-0.2, -0.15) is 0 Å². The van der Waals surface area contributed by atoms with Gasteiger partial charge in [-0.15, -0.1) is 0 Å². The summed E-state index contributed by atoms with van der Waals surface area (Å²) < 4.78 is 2.14. The van der Waals surface area contributed by atoms with Crippen LogP contribution in [0.1, 0.15) is 6.42 Å². The number of aryl methyl sites for hydroxylation is 1. The predicted molar refractivity (Wildman–Crippen MR) is 101 cm³/mol. The zero-order chi connectivity index (χ0) is 17.9. The third kappa shape index (κ3) is 3.35. The van der Waals surface area contributed by atoms with Crippen molar-refractivity contribution >= 4 is 22.6 Å². The summed E-state index contributed by atoms with van der Waals surface area (Å²) in [5, 5.41) is 10.5. The smallest absolute Gasteiger partial charge is 0.224 e. The molecule has 1 saturated heterocycles. The van der Waals surface area contributed by atoms with Crippen LogP contribution in [-0.4, -0.2) is 51.6 Å². The molecule has 1 fully saturated rings. The second-order valence-corrected chi connectivity index (χ2v) is 6.56. The van der Waals surface area contributed by atoms with E-state index in [1.807, 2.05) is 29.3 Å². The van der Waals surface area contributed by atoms with Crippen molar-refractivity contribution in [2.24, 2.45) is 0 Å². The van der Waals surface area contributed by atoms with Crippen molar-refractivity contribution in [3.8, 4) is 5.75 Å². The first-order chi connectivity index (χ1) is 12.7. The van der Waals surface area contributed by atoms with Crippen LogP contribution >= 0.6 is 0 Å². The minimum Gasteiger partial charge on any atom is -0.506 e. The Morgan fingerprint density at radius 2 is 1.85 bits per heavy atom. The van der Waals surface area contributed by atoms with E-state index in [9.17, 15) is 9.90 Å². The van der Waals surface area contributed by atoms with E-state index >= 15 is 0 Å². The number of pyridine rings is 1. The van der Waals surface area contributed by atoms with Crippen LogP contribution in [-0.2, 0) is 11.3 Å². The number of aromatic nitrogens is 2. The van der Waals surface area contributed by atoms with E-state index in [0.717, 1.165) is 18.9 Å². The number of para-hydroxylation sites is 1. The standard InChI is InChI=1S/C20H22N4O2/c25-17-5-6-19(21-15-17)23-11-13-24(14-12-23)20(26)8-10-22-9-7-16-3-1-2-4-18(16)22/h1-7,9,15,25H,8,10-14H2. The summed E-state index contributed by atoms with van der Waals surface area (Å²) in [5.41, 5.74) is 1.17. The van der Waals surface area contributed by atoms with E-state index < -0.39 is 0 Å². The Balaban J connectivity index is 1.31. The number of fused-ring (bicyclic) bond motifs is 1. The Kier molecular flexibility index (Phi) is 4.48. The van der Waals surface area contributed by atoms with Gasteiger partial charge >= 0.3 is 0 Å². The van der Waals surface area contributed by atoms with Crippen LogP contribution in [0.3, 0.4) is 0 Å². The third-order valence-electron chi connectivity index (χ3n) is 4.94. The highest BCUT2D eigenvalue weighted by Crippen LogP contribution is 2.18. The zero-order valence-corrected chi connectivity index (χ0v) is 14.6. The first-order valence-corrected chi connectivity index (χ1v) is 8.92. The number of anilines is 1. The van der Waals surface area contributed by atoms with Gasteiger partial charge in [-0.05, 0) is 29.7 Å². The lowest BCUT2D eigenvalue weighted by molar-refractivity contribution is -0.131. The molecule has 4 rings (SSSR count). The summed E-state index contributed by atoms with van der Waals surface area (Å²) >= 11 is 0. The minimum atomic E-state index is 0.167. The van der Waals surface area contributed by atoms with Crippen LogP contribution in [0.5, 0.6) is 5.75 Å². The molecule has 6 heteroatoms. The second-order valence-electron chi connectivity index (χ2n) is 6.56. The lowest BCUT2D eigenvalue weighted by Crippen LogP contribution is -2.49. The van der Waals surface area contributed by atoms with Gasteiger partial charge in [0.1, 0.15) is 11.6 Å². The Hall–Kier alpha value is -3.02. The van der Waals surface area contributed by atoms with Crippen LogP contribution in [0.15, 0.2) is 54.9 Å². The van der Waals surface area contributed by atoms with Crippen molar-refractivity contribution in [3.63, 3.8) is 0 Å². The third-order valence-corrected chi connectivity index (χ3v) is 4.94. The molecule has 1 aromatic carbocycles. The SMILES string of the molecule is O=C(CCn1ccc2ccccc21)N1CCN(c2ccc(O)cn2)CC1. The quantitative estimate of drug-likeness (QED) is 0.785. The molecule has 0 saturated carbocycles. The minimum absolute atomic E-state index is 0.167. The number of carbonyl (C=O) groups is 1. The molecule has 1 N–H and O–H groups in total. The molecule has 0 bridgehead atoms. The average molecular weight is 350 g/mol. The Morgan fingerprint density at radius 1 is 1.04 bits per heavy atom. The van der Waals surface area contributed by atoms with E-state index in [1.165, 1.54) is 17.1 Å². The molecule has 3 aromatic rings. The summed E-state index contributed by atoms with van der Waals surface area (Å²) in [7, 11) is 0. The fraction of sp³-hybridized carbons (Fsp3) is 0.300. The van der Waals surface area contributed by atoms with Crippen LogP contribution < -0.4 is 4.90 Å². The van der Waals surface area contributed by atoms with Crippen LogP contribution in [0.25, 0.3) is 10.9 Å². The molecule has 0 atom stereocenters. The van der Waals surface area contributed by atoms with Crippen molar-refractivity contribution in [1.82, 2.24) is 14.5 Å². The largest absolute Gasteiger partial charge is 0.506 e. The van der Waals surface area contributed by atoms with Crippen molar-refractivity contribution in [2.75, 3.05) is 31.1 Å². The molecule has 0 unspecified atom stereocenters. The molecule has 2 aromatic heterocycles. The maximum absolute atomic E-state index is 12.6. The first-order valence-electron chi connectivity index (χ1n) is 8.92. The monoisotopic (exact) mass is 350 g/mol. The number of carbonyl (C=O) groups excluding carboxylic acids is 1. The molecule has 1 amide bonds. The van der Waals surface area contributed by atoms with E-state index in [4.69, 9.17) is 0 Å². The fourth-order valence-corrected chi connectivity index (χ4v) is 3.46. The van der Waals surface area contributed by atoms with Crippen molar-refractivity contribution in [2.45, 2.75) is 13.0 Å². The summed E-state index contributed by atoms with van der Waals surface area (Å²) in [6, 6.07) is 13.8. The molecular weight excluding hydrogens is 328 g/mol. The Bertz CT molecular complexity index is 896. The van der Waals surface area contributed by atoms with Gasteiger partial charge in [0.2, 0.25) is 5.91 Å². The lowest BCUT2D eigenvalue weighted by Gasteiger charge is -2.35. The number of aromatic hydroxyl groups is 1. The molecule has 0 aliphatic carbocycles. The summed E-state index contributed by atoms with van der Waals surface area (Å²) in [4.78, 5) is 20.9. The fourth-order valence-electron chi connectivity index (χ4n) is 3.46. The Morgan fingerprint density at radius 3 is 2.62 bits per heavy atom. The molecule has 1 aliphatic heterocycles. The number of benzene rings is 1. The van der Waals surface area contributed by atoms with E-state index in [1.54, 1.807) is 6.07 Å². The highest BCUT2D eigenvalue weighted by Gasteiger charge is 2.21. The van der Waals surface area contributed by atoms with E-state index in [2.05, 4.69) is 32.7 Å². The van der Waals surface area contributed by atoms with Crippen LogP contribution in [0, 0.1) is 0 Å². The number of nitrogens with zero attached hydrogens (tertiary/aromatic N) is 4. The van der Waals surface area contributed by atoms with Gasteiger partial charge in [-0.1, -0.05) is 18.2 Å². The van der Waals surface area contributed by atoms with Gasteiger partial charge < -0.3 is 19.5 Å². The first kappa shape index (κ1) is 16.4. The predicted octanol–water partition coefficient (Wildman–Crippen LogP) is 2.48. The number of rotatable bonds is 4. The van der Waals surface area contributed by atoms with Crippen molar-refractivity contribution in [3.05, 3.63) is 54.9 Å². The maximum Gasteiger partial charge on any atom is 0.224 e. The van der Waals surface area contributed by atoms with Gasteiger partial charge in [0.15, 0.2) is 0 Å². The van der Waals surface area contributed by atoms with Crippen molar-refractivity contribution < 1.29 is 9.90 Å². The highest BCUT2D eigenvalue weighted by molar-refractivity contribution is 5.80. The second kappa shape index (κ2) is 7.07. The maximum atomic E-state index is 12.6. The molecule has 6 nitrogen and oxygen atoms in total. The van der Waals surface area contributed by atoms with Gasteiger partial charge in [0.05, 0.1) is 6.20 Å². The summed E-state index contributed by atoms with van der Waals surface area (Å²) in [6.45, 7) is 3.62. The molecule has 134 valence electrons.